The van der Waals surface area contributed by atoms with Crippen LogP contribution < -0.4 is 10.1 Å². The summed E-state index contributed by atoms with van der Waals surface area (Å²) >= 11 is 0. The van der Waals surface area contributed by atoms with Crippen molar-refractivity contribution in [3.05, 3.63) is 23.0 Å². The highest BCUT2D eigenvalue weighted by Crippen LogP contribution is 2.27. The standard InChI is InChI=1S/C16H28N2O2/c1-11(2)17-8-7-16(5,19)9-14-13(4)15(20-6)12(3)10-18-14/h10-11,17,19H,7-9H2,1-6H3. The van der Waals surface area contributed by atoms with E-state index in [-0.39, 0.29) is 0 Å². The predicted molar refractivity (Wildman–Crippen MR) is 82.3 cm³/mol. The molecule has 0 saturated carbocycles. The lowest BCUT2D eigenvalue weighted by Gasteiger charge is -2.25. The zero-order chi connectivity index (χ0) is 15.3. The van der Waals surface area contributed by atoms with Crippen LogP contribution in [0, 0.1) is 13.8 Å². The highest BCUT2D eigenvalue weighted by atomic mass is 16.5. The van der Waals surface area contributed by atoms with Crippen molar-refractivity contribution in [2.45, 2.75) is 59.1 Å². The molecule has 0 amide bonds. The van der Waals surface area contributed by atoms with Gasteiger partial charge >= 0.3 is 0 Å². The SMILES string of the molecule is COc1c(C)cnc(CC(C)(O)CCNC(C)C)c1C. The van der Waals surface area contributed by atoms with Gasteiger partial charge in [-0.1, -0.05) is 13.8 Å². The Balaban J connectivity index is 2.76. The first-order valence-corrected chi connectivity index (χ1v) is 7.21. The summed E-state index contributed by atoms with van der Waals surface area (Å²) in [5.74, 6) is 0.867. The first kappa shape index (κ1) is 16.9. The number of nitrogens with zero attached hydrogens (tertiary/aromatic N) is 1. The molecule has 0 fully saturated rings. The molecule has 0 aliphatic carbocycles. The van der Waals surface area contributed by atoms with Crippen molar-refractivity contribution in [2.24, 2.45) is 0 Å². The Morgan fingerprint density at radius 2 is 2.05 bits per heavy atom. The van der Waals surface area contributed by atoms with Gasteiger partial charge in [0.25, 0.3) is 0 Å². The van der Waals surface area contributed by atoms with E-state index in [1.54, 1.807) is 7.11 Å². The zero-order valence-electron chi connectivity index (χ0n) is 13.6. The summed E-state index contributed by atoms with van der Waals surface area (Å²) in [7, 11) is 1.67. The van der Waals surface area contributed by atoms with Crippen LogP contribution in [-0.2, 0) is 6.42 Å². The maximum absolute atomic E-state index is 10.5. The molecule has 1 aromatic heterocycles. The minimum atomic E-state index is -0.764. The number of nitrogens with one attached hydrogen (secondary N) is 1. The van der Waals surface area contributed by atoms with E-state index < -0.39 is 5.60 Å². The molecule has 1 rings (SSSR count). The molecule has 0 aliphatic heterocycles. The van der Waals surface area contributed by atoms with Gasteiger partial charge in [0.2, 0.25) is 0 Å². The summed E-state index contributed by atoms with van der Waals surface area (Å²) in [5.41, 5.74) is 2.18. The summed E-state index contributed by atoms with van der Waals surface area (Å²) < 4.78 is 5.41. The lowest BCUT2D eigenvalue weighted by molar-refractivity contribution is 0.0499. The Morgan fingerprint density at radius 3 is 2.60 bits per heavy atom. The lowest BCUT2D eigenvalue weighted by atomic mass is 9.93. The van der Waals surface area contributed by atoms with Gasteiger partial charge in [0.05, 0.1) is 12.7 Å². The molecule has 0 radical (unpaired) electrons. The van der Waals surface area contributed by atoms with Gasteiger partial charge in [-0.3, -0.25) is 4.98 Å². The van der Waals surface area contributed by atoms with E-state index in [0.29, 0.717) is 18.9 Å². The molecule has 20 heavy (non-hydrogen) atoms. The third-order valence-corrected chi connectivity index (χ3v) is 3.51. The van der Waals surface area contributed by atoms with E-state index in [9.17, 15) is 5.11 Å². The average molecular weight is 280 g/mol. The second kappa shape index (κ2) is 7.04. The van der Waals surface area contributed by atoms with Crippen LogP contribution in [-0.4, -0.2) is 35.4 Å². The van der Waals surface area contributed by atoms with E-state index in [0.717, 1.165) is 29.1 Å². The van der Waals surface area contributed by atoms with Crippen molar-refractivity contribution < 1.29 is 9.84 Å². The van der Waals surface area contributed by atoms with Gasteiger partial charge in [-0.25, -0.2) is 0 Å². The summed E-state index contributed by atoms with van der Waals surface area (Å²) in [4.78, 5) is 4.45. The van der Waals surface area contributed by atoms with Gasteiger partial charge in [0.15, 0.2) is 0 Å². The van der Waals surface area contributed by atoms with Crippen LogP contribution in [0.5, 0.6) is 5.75 Å². The fourth-order valence-corrected chi connectivity index (χ4v) is 2.33. The van der Waals surface area contributed by atoms with E-state index in [1.807, 2.05) is 27.0 Å². The predicted octanol–water partition coefficient (Wildman–Crippen LogP) is 2.39. The molecule has 1 heterocycles. The number of hydrogen-bond donors (Lipinski definition) is 2. The summed E-state index contributed by atoms with van der Waals surface area (Å²) in [6.45, 7) is 10.8. The molecule has 0 saturated heterocycles. The van der Waals surface area contributed by atoms with Gasteiger partial charge in [0.1, 0.15) is 5.75 Å². The summed E-state index contributed by atoms with van der Waals surface area (Å²) in [6, 6.07) is 0.435. The van der Waals surface area contributed by atoms with Crippen LogP contribution in [0.3, 0.4) is 0 Å². The Bertz CT molecular complexity index is 442. The normalized spacial score (nSPS) is 14.4. The third kappa shape index (κ3) is 4.76. The van der Waals surface area contributed by atoms with E-state index in [4.69, 9.17) is 4.74 Å². The smallest absolute Gasteiger partial charge is 0.128 e. The van der Waals surface area contributed by atoms with Crippen LogP contribution in [0.4, 0.5) is 0 Å². The van der Waals surface area contributed by atoms with Crippen molar-refractivity contribution in [1.29, 1.82) is 0 Å². The Hall–Kier alpha value is -1.13. The van der Waals surface area contributed by atoms with Crippen LogP contribution in [0.1, 0.15) is 44.0 Å². The first-order valence-electron chi connectivity index (χ1n) is 7.21. The molecule has 0 aliphatic rings. The quantitative estimate of drug-likeness (QED) is 0.805. The van der Waals surface area contributed by atoms with Crippen molar-refractivity contribution >= 4 is 0 Å². The molecule has 0 spiro atoms. The van der Waals surface area contributed by atoms with Crippen LogP contribution in [0.15, 0.2) is 6.20 Å². The van der Waals surface area contributed by atoms with Gasteiger partial charge < -0.3 is 15.2 Å². The number of rotatable bonds is 7. The molecule has 114 valence electrons. The largest absolute Gasteiger partial charge is 0.496 e. The van der Waals surface area contributed by atoms with Crippen LogP contribution in [0.25, 0.3) is 0 Å². The van der Waals surface area contributed by atoms with E-state index in [2.05, 4.69) is 24.1 Å². The number of aryl methyl sites for hydroxylation is 1. The topological polar surface area (TPSA) is 54.4 Å². The van der Waals surface area contributed by atoms with Crippen molar-refractivity contribution in [3.8, 4) is 5.75 Å². The van der Waals surface area contributed by atoms with Crippen molar-refractivity contribution in [2.75, 3.05) is 13.7 Å². The third-order valence-electron chi connectivity index (χ3n) is 3.51. The lowest BCUT2D eigenvalue weighted by Crippen LogP contribution is -2.34. The molecule has 1 atom stereocenters. The molecule has 2 N–H and O–H groups in total. The number of ether oxygens (including phenoxy) is 1. The maximum Gasteiger partial charge on any atom is 0.128 e. The molecule has 4 nitrogen and oxygen atoms in total. The van der Waals surface area contributed by atoms with Gasteiger partial charge in [-0.15, -0.1) is 0 Å². The fourth-order valence-electron chi connectivity index (χ4n) is 2.33. The van der Waals surface area contributed by atoms with E-state index in [1.165, 1.54) is 0 Å². The summed E-state index contributed by atoms with van der Waals surface area (Å²) in [5, 5.41) is 13.8. The summed E-state index contributed by atoms with van der Waals surface area (Å²) in [6.07, 6.45) is 3.04. The molecule has 0 bridgehead atoms. The second-order valence-corrected chi connectivity index (χ2v) is 6.08. The number of aromatic nitrogens is 1. The zero-order valence-corrected chi connectivity index (χ0v) is 13.6. The number of hydrogen-bond acceptors (Lipinski definition) is 4. The highest BCUT2D eigenvalue weighted by Gasteiger charge is 2.23. The van der Waals surface area contributed by atoms with Gasteiger partial charge in [-0.2, -0.15) is 0 Å². The Labute approximate surface area is 122 Å². The van der Waals surface area contributed by atoms with E-state index >= 15 is 0 Å². The molecular weight excluding hydrogens is 252 g/mol. The molecule has 1 aromatic rings. The highest BCUT2D eigenvalue weighted by molar-refractivity contribution is 5.41. The Kier molecular flexibility index (Phi) is 5.96. The molecule has 0 aromatic carbocycles. The van der Waals surface area contributed by atoms with Crippen molar-refractivity contribution in [3.63, 3.8) is 0 Å². The first-order chi connectivity index (χ1) is 9.26. The number of aliphatic hydroxyl groups is 1. The fraction of sp³-hybridized carbons (Fsp3) is 0.688. The van der Waals surface area contributed by atoms with Crippen molar-refractivity contribution in [1.82, 2.24) is 10.3 Å². The Morgan fingerprint density at radius 1 is 1.40 bits per heavy atom. The average Bonchev–Trinajstić information content (AvgIpc) is 2.33. The molecular formula is C16H28N2O2. The second-order valence-electron chi connectivity index (χ2n) is 6.08. The van der Waals surface area contributed by atoms with Gasteiger partial charge in [0, 0.05) is 35.5 Å². The minimum absolute atomic E-state index is 0.435. The minimum Gasteiger partial charge on any atom is -0.496 e. The monoisotopic (exact) mass is 280 g/mol. The van der Waals surface area contributed by atoms with Crippen LogP contribution in [0.2, 0.25) is 0 Å². The molecule has 1 unspecified atom stereocenters. The number of pyridine rings is 1. The van der Waals surface area contributed by atoms with Gasteiger partial charge in [-0.05, 0) is 33.7 Å². The molecule has 4 heteroatoms. The van der Waals surface area contributed by atoms with Crippen LogP contribution >= 0.6 is 0 Å². The maximum atomic E-state index is 10.5. The number of methoxy groups -OCH3 is 1.